The summed E-state index contributed by atoms with van der Waals surface area (Å²) in [5.41, 5.74) is 1.94. The summed E-state index contributed by atoms with van der Waals surface area (Å²) in [5, 5.41) is 14.8. The fourth-order valence-electron chi connectivity index (χ4n) is 1.60. The monoisotopic (exact) mass is 282 g/mol. The molecule has 0 aromatic heterocycles. The van der Waals surface area contributed by atoms with Crippen LogP contribution in [0.1, 0.15) is 12.0 Å². The smallest absolute Gasteiger partial charge is 0.328 e. The highest BCUT2D eigenvalue weighted by Gasteiger charge is 2.32. The number of carboxylic acid groups (broad SMARTS) is 1. The average Bonchev–Trinajstić information content (AvgIpc) is 2.61. The number of nitrogens with zero attached hydrogens (tertiary/aromatic N) is 2. The molecule has 1 aliphatic rings. The molecule has 0 saturated carbocycles. The Labute approximate surface area is 102 Å². The Morgan fingerprint density at radius 1 is 1.50 bits per heavy atom. The third-order valence-electron chi connectivity index (χ3n) is 2.46. The van der Waals surface area contributed by atoms with Crippen LogP contribution >= 0.6 is 15.9 Å². The van der Waals surface area contributed by atoms with Crippen molar-refractivity contribution in [3.05, 3.63) is 29.8 Å². The number of halogens is 1. The lowest BCUT2D eigenvalue weighted by atomic mass is 10.2. The molecule has 1 unspecified atom stereocenters. The van der Waals surface area contributed by atoms with Crippen molar-refractivity contribution in [3.63, 3.8) is 0 Å². The molecule has 1 heterocycles. The molecule has 16 heavy (non-hydrogen) atoms. The van der Waals surface area contributed by atoms with Crippen LogP contribution in [0.2, 0.25) is 0 Å². The molecule has 1 aromatic rings. The number of benzene rings is 1. The maximum atomic E-state index is 11.1. The molecule has 2 rings (SSSR count). The Morgan fingerprint density at radius 2 is 2.12 bits per heavy atom. The lowest BCUT2D eigenvalue weighted by Crippen LogP contribution is -2.34. The highest BCUT2D eigenvalue weighted by atomic mass is 79.9. The van der Waals surface area contributed by atoms with Crippen LogP contribution in [0.4, 0.5) is 5.69 Å². The second kappa shape index (κ2) is 4.25. The van der Waals surface area contributed by atoms with Crippen molar-refractivity contribution < 1.29 is 9.90 Å². The molecule has 84 valence electrons. The molecule has 1 aliphatic heterocycles. The first-order chi connectivity index (χ1) is 7.58. The molecule has 0 amide bonds. The highest BCUT2D eigenvalue weighted by Crippen LogP contribution is 2.26. The largest absolute Gasteiger partial charge is 0.480 e. The summed E-state index contributed by atoms with van der Waals surface area (Å²) >= 11 is 3.24. The van der Waals surface area contributed by atoms with Gasteiger partial charge in [0.15, 0.2) is 6.04 Å². The van der Waals surface area contributed by atoms with Gasteiger partial charge in [0, 0.05) is 6.42 Å². The minimum absolute atomic E-state index is 0.406. The summed E-state index contributed by atoms with van der Waals surface area (Å²) in [6, 6.07) is 7.02. The Kier molecular flexibility index (Phi) is 2.96. The second-order valence-electron chi connectivity index (χ2n) is 3.71. The van der Waals surface area contributed by atoms with Crippen molar-refractivity contribution in [1.29, 1.82) is 0 Å². The van der Waals surface area contributed by atoms with Gasteiger partial charge in [-0.3, -0.25) is 5.01 Å². The third-order valence-corrected chi connectivity index (χ3v) is 2.94. The van der Waals surface area contributed by atoms with Crippen molar-refractivity contribution in [1.82, 2.24) is 0 Å². The molecule has 0 fully saturated rings. The fraction of sp³-hybridized carbons (Fsp3) is 0.273. The van der Waals surface area contributed by atoms with Crippen molar-refractivity contribution in [2.24, 2.45) is 5.10 Å². The number of rotatable bonds is 2. The second-order valence-corrected chi connectivity index (χ2v) is 4.63. The standard InChI is InChI=1S/C11H11BrN2O2/c1-7-2-4-8(5-3-7)14-9(11(15)16)6-10(12)13-14/h2-5,9H,6H2,1H3,(H,15,16). The van der Waals surface area contributed by atoms with Crippen LogP contribution in [0.3, 0.4) is 0 Å². The normalized spacial score (nSPS) is 19.8. The van der Waals surface area contributed by atoms with E-state index in [1.165, 1.54) is 5.01 Å². The van der Waals surface area contributed by atoms with Gasteiger partial charge in [-0.1, -0.05) is 17.7 Å². The Morgan fingerprint density at radius 3 is 2.69 bits per heavy atom. The van der Waals surface area contributed by atoms with E-state index < -0.39 is 12.0 Å². The minimum atomic E-state index is -0.862. The number of hydrazone groups is 1. The summed E-state index contributed by atoms with van der Waals surface area (Å²) in [4.78, 5) is 11.1. The van der Waals surface area contributed by atoms with Crippen LogP contribution in [0, 0.1) is 6.92 Å². The summed E-state index contributed by atoms with van der Waals surface area (Å²) in [7, 11) is 0. The molecular formula is C11H11BrN2O2. The zero-order valence-electron chi connectivity index (χ0n) is 8.72. The predicted octanol–water partition coefficient (Wildman–Crippen LogP) is 2.37. The van der Waals surface area contributed by atoms with Crippen LogP contribution in [0.15, 0.2) is 29.4 Å². The number of aryl methyl sites for hydroxylation is 1. The predicted molar refractivity (Wildman–Crippen MR) is 66.1 cm³/mol. The van der Waals surface area contributed by atoms with E-state index in [0.29, 0.717) is 11.0 Å². The Hall–Kier alpha value is -1.36. The number of carboxylic acids is 1. The van der Waals surface area contributed by atoms with Crippen LogP contribution < -0.4 is 5.01 Å². The molecule has 0 bridgehead atoms. The van der Waals surface area contributed by atoms with Crippen molar-refractivity contribution in [2.75, 3.05) is 5.01 Å². The first kappa shape index (κ1) is 11.1. The van der Waals surface area contributed by atoms with E-state index >= 15 is 0 Å². The van der Waals surface area contributed by atoms with Gasteiger partial charge in [-0.2, -0.15) is 5.10 Å². The summed E-state index contributed by atoms with van der Waals surface area (Å²) in [6.45, 7) is 1.99. The molecule has 1 aromatic carbocycles. The topological polar surface area (TPSA) is 52.9 Å². The van der Waals surface area contributed by atoms with Crippen LogP contribution in [0.25, 0.3) is 0 Å². The zero-order chi connectivity index (χ0) is 11.7. The van der Waals surface area contributed by atoms with Gasteiger partial charge >= 0.3 is 5.97 Å². The van der Waals surface area contributed by atoms with Gasteiger partial charge < -0.3 is 5.11 Å². The summed E-state index contributed by atoms with van der Waals surface area (Å²) < 4.78 is 0.667. The summed E-state index contributed by atoms with van der Waals surface area (Å²) in [5.74, 6) is -0.862. The van der Waals surface area contributed by atoms with Gasteiger partial charge in [-0.05, 0) is 35.0 Å². The number of carbonyl (C=O) groups is 1. The quantitative estimate of drug-likeness (QED) is 0.906. The van der Waals surface area contributed by atoms with E-state index in [4.69, 9.17) is 5.11 Å². The number of hydrogen-bond donors (Lipinski definition) is 1. The molecule has 0 radical (unpaired) electrons. The average molecular weight is 283 g/mol. The van der Waals surface area contributed by atoms with Gasteiger partial charge in [0.25, 0.3) is 0 Å². The fourth-order valence-corrected chi connectivity index (χ4v) is 2.08. The van der Waals surface area contributed by atoms with Gasteiger partial charge in [-0.25, -0.2) is 4.79 Å². The molecular weight excluding hydrogens is 272 g/mol. The molecule has 1 N–H and O–H groups in total. The molecule has 1 atom stereocenters. The van der Waals surface area contributed by atoms with Crippen molar-refractivity contribution >= 4 is 32.2 Å². The van der Waals surface area contributed by atoms with E-state index in [0.717, 1.165) is 11.3 Å². The van der Waals surface area contributed by atoms with Crippen LogP contribution in [-0.2, 0) is 4.79 Å². The first-order valence-electron chi connectivity index (χ1n) is 4.89. The molecule has 0 saturated heterocycles. The van der Waals surface area contributed by atoms with Crippen LogP contribution in [0.5, 0.6) is 0 Å². The molecule has 4 nitrogen and oxygen atoms in total. The Bertz CT molecular complexity index is 442. The maximum absolute atomic E-state index is 11.1. The SMILES string of the molecule is Cc1ccc(N2N=C(Br)CC2C(=O)O)cc1. The number of anilines is 1. The van der Waals surface area contributed by atoms with Gasteiger partial charge in [0.2, 0.25) is 0 Å². The molecule has 5 heteroatoms. The number of aliphatic carboxylic acids is 1. The minimum Gasteiger partial charge on any atom is -0.480 e. The lowest BCUT2D eigenvalue weighted by Gasteiger charge is -2.19. The molecule has 0 aliphatic carbocycles. The highest BCUT2D eigenvalue weighted by molar-refractivity contribution is 9.18. The van der Waals surface area contributed by atoms with Gasteiger partial charge in [0.1, 0.15) is 4.62 Å². The number of hydrogen-bond acceptors (Lipinski definition) is 3. The van der Waals surface area contributed by atoms with Crippen molar-refractivity contribution in [2.45, 2.75) is 19.4 Å². The van der Waals surface area contributed by atoms with Crippen molar-refractivity contribution in [3.8, 4) is 0 Å². The maximum Gasteiger partial charge on any atom is 0.328 e. The Balaban J connectivity index is 2.31. The zero-order valence-corrected chi connectivity index (χ0v) is 10.3. The van der Waals surface area contributed by atoms with E-state index in [1.807, 2.05) is 31.2 Å². The summed E-state index contributed by atoms with van der Waals surface area (Å²) in [6.07, 6.45) is 0.406. The van der Waals surface area contributed by atoms with E-state index in [-0.39, 0.29) is 0 Å². The molecule has 0 spiro atoms. The first-order valence-corrected chi connectivity index (χ1v) is 5.69. The lowest BCUT2D eigenvalue weighted by molar-refractivity contribution is -0.138. The third kappa shape index (κ3) is 2.09. The van der Waals surface area contributed by atoms with E-state index in [1.54, 1.807) is 0 Å². The van der Waals surface area contributed by atoms with Crippen LogP contribution in [-0.4, -0.2) is 21.7 Å². The van der Waals surface area contributed by atoms with E-state index in [2.05, 4.69) is 21.0 Å². The van der Waals surface area contributed by atoms with Gasteiger partial charge in [-0.15, -0.1) is 0 Å². The van der Waals surface area contributed by atoms with E-state index in [9.17, 15) is 4.79 Å². The van der Waals surface area contributed by atoms with Gasteiger partial charge in [0.05, 0.1) is 5.69 Å².